The van der Waals surface area contributed by atoms with Gasteiger partial charge in [0.1, 0.15) is 6.61 Å². The van der Waals surface area contributed by atoms with Gasteiger partial charge in [-0.05, 0) is 12.3 Å². The van der Waals surface area contributed by atoms with Crippen LogP contribution in [0.25, 0.3) is 0 Å². The van der Waals surface area contributed by atoms with Crippen LogP contribution >= 0.6 is 0 Å². The van der Waals surface area contributed by atoms with Crippen LogP contribution < -0.4 is 5.73 Å². The fourth-order valence-electron chi connectivity index (χ4n) is 2.52. The van der Waals surface area contributed by atoms with E-state index in [9.17, 15) is 9.59 Å². The van der Waals surface area contributed by atoms with Crippen LogP contribution in [-0.2, 0) is 14.3 Å². The molecule has 0 bridgehead atoms. The molecule has 1 aliphatic heterocycles. The highest BCUT2D eigenvalue weighted by atomic mass is 16.5. The molecule has 1 atom stereocenters. The van der Waals surface area contributed by atoms with E-state index in [0.29, 0.717) is 38.6 Å². The topological polar surface area (TPSA) is 75.9 Å². The second kappa shape index (κ2) is 8.21. The minimum Gasteiger partial charge on any atom is -0.375 e. The Labute approximate surface area is 121 Å². The quantitative estimate of drug-likeness (QED) is 0.741. The average Bonchev–Trinajstić information content (AvgIpc) is 2.44. The average molecular weight is 285 g/mol. The lowest BCUT2D eigenvalue weighted by Crippen LogP contribution is -2.53. The van der Waals surface area contributed by atoms with Gasteiger partial charge in [-0.25, -0.2) is 0 Å². The zero-order valence-corrected chi connectivity index (χ0v) is 12.8. The number of nitrogens with zero attached hydrogens (tertiary/aromatic N) is 2. The number of carbonyl (C=O) groups is 2. The minimum absolute atomic E-state index is 0.0165. The number of nitrogens with two attached hydrogens (primary N) is 1. The van der Waals surface area contributed by atoms with Crippen molar-refractivity contribution in [3.8, 4) is 0 Å². The Morgan fingerprint density at radius 2 is 1.70 bits per heavy atom. The maximum Gasteiger partial charge on any atom is 0.248 e. The third kappa shape index (κ3) is 4.76. The molecule has 2 N–H and O–H groups in total. The molecule has 1 unspecified atom stereocenters. The van der Waals surface area contributed by atoms with Crippen molar-refractivity contribution in [2.75, 3.05) is 46.4 Å². The largest absolute Gasteiger partial charge is 0.375 e. The first-order valence-corrected chi connectivity index (χ1v) is 7.25. The SMILES string of the molecule is COCC(=O)N1CCN(C(=O)C(CN)CC(C)C)CC1. The van der Waals surface area contributed by atoms with Crippen molar-refractivity contribution in [3.63, 3.8) is 0 Å². The normalized spacial score (nSPS) is 17.4. The third-order valence-electron chi connectivity index (χ3n) is 3.60. The Morgan fingerprint density at radius 1 is 1.15 bits per heavy atom. The summed E-state index contributed by atoms with van der Waals surface area (Å²) in [6.45, 7) is 7.01. The number of carbonyl (C=O) groups excluding carboxylic acids is 2. The third-order valence-corrected chi connectivity index (χ3v) is 3.60. The van der Waals surface area contributed by atoms with E-state index >= 15 is 0 Å². The molecule has 0 aliphatic carbocycles. The smallest absolute Gasteiger partial charge is 0.248 e. The summed E-state index contributed by atoms with van der Waals surface area (Å²) in [6.07, 6.45) is 0.818. The molecule has 2 amide bonds. The van der Waals surface area contributed by atoms with Crippen LogP contribution in [0.3, 0.4) is 0 Å². The molecule has 0 spiro atoms. The Morgan fingerprint density at radius 3 is 2.15 bits per heavy atom. The molecular formula is C14H27N3O3. The molecule has 0 aromatic heterocycles. The molecule has 1 saturated heterocycles. The zero-order valence-electron chi connectivity index (χ0n) is 12.8. The fraction of sp³-hybridized carbons (Fsp3) is 0.857. The summed E-state index contributed by atoms with van der Waals surface area (Å²) in [5.41, 5.74) is 5.72. The molecule has 1 rings (SSSR count). The van der Waals surface area contributed by atoms with E-state index in [4.69, 9.17) is 10.5 Å². The van der Waals surface area contributed by atoms with Gasteiger partial charge < -0.3 is 20.3 Å². The van der Waals surface area contributed by atoms with Gasteiger partial charge in [-0.15, -0.1) is 0 Å². The predicted octanol–water partition coefficient (Wildman–Crippen LogP) is -0.0754. The highest BCUT2D eigenvalue weighted by Gasteiger charge is 2.28. The summed E-state index contributed by atoms with van der Waals surface area (Å²) >= 11 is 0. The number of ether oxygens (including phenoxy) is 1. The molecule has 0 aromatic rings. The lowest BCUT2D eigenvalue weighted by atomic mass is 9.95. The molecule has 0 saturated carbocycles. The van der Waals surface area contributed by atoms with Gasteiger partial charge in [-0.2, -0.15) is 0 Å². The van der Waals surface area contributed by atoms with E-state index in [1.165, 1.54) is 7.11 Å². The maximum atomic E-state index is 12.4. The summed E-state index contributed by atoms with van der Waals surface area (Å²) in [5, 5.41) is 0. The summed E-state index contributed by atoms with van der Waals surface area (Å²) in [6, 6.07) is 0. The van der Waals surface area contributed by atoms with Crippen molar-refractivity contribution >= 4 is 11.8 Å². The van der Waals surface area contributed by atoms with E-state index in [1.54, 1.807) is 4.90 Å². The zero-order chi connectivity index (χ0) is 15.1. The highest BCUT2D eigenvalue weighted by Crippen LogP contribution is 2.15. The van der Waals surface area contributed by atoms with Gasteiger partial charge in [0, 0.05) is 39.8 Å². The Balaban J connectivity index is 2.47. The van der Waals surface area contributed by atoms with Crippen LogP contribution in [0, 0.1) is 11.8 Å². The van der Waals surface area contributed by atoms with Crippen LogP contribution in [0.5, 0.6) is 0 Å². The van der Waals surface area contributed by atoms with Crippen LogP contribution in [0.2, 0.25) is 0 Å². The Kier molecular flexibility index (Phi) is 6.95. The van der Waals surface area contributed by atoms with Crippen molar-refractivity contribution in [2.24, 2.45) is 17.6 Å². The first-order valence-electron chi connectivity index (χ1n) is 7.25. The van der Waals surface area contributed by atoms with E-state index in [1.807, 2.05) is 4.90 Å². The van der Waals surface area contributed by atoms with E-state index < -0.39 is 0 Å². The molecule has 0 radical (unpaired) electrons. The van der Waals surface area contributed by atoms with E-state index in [2.05, 4.69) is 13.8 Å². The van der Waals surface area contributed by atoms with E-state index in [-0.39, 0.29) is 24.3 Å². The van der Waals surface area contributed by atoms with Crippen molar-refractivity contribution in [1.82, 2.24) is 9.80 Å². The molecule has 0 aromatic carbocycles. The number of piperazine rings is 1. The lowest BCUT2D eigenvalue weighted by Gasteiger charge is -2.36. The summed E-state index contributed by atoms with van der Waals surface area (Å²) in [7, 11) is 1.51. The van der Waals surface area contributed by atoms with Gasteiger partial charge in [-0.1, -0.05) is 13.8 Å². The van der Waals surface area contributed by atoms with Crippen LogP contribution in [-0.4, -0.2) is 68.1 Å². The van der Waals surface area contributed by atoms with Gasteiger partial charge in [0.15, 0.2) is 0 Å². The van der Waals surface area contributed by atoms with Gasteiger partial charge in [0.25, 0.3) is 0 Å². The number of amides is 2. The van der Waals surface area contributed by atoms with Crippen LogP contribution in [0.1, 0.15) is 20.3 Å². The van der Waals surface area contributed by atoms with Gasteiger partial charge >= 0.3 is 0 Å². The molecular weight excluding hydrogens is 258 g/mol. The summed E-state index contributed by atoms with van der Waals surface area (Å²) in [4.78, 5) is 27.6. The van der Waals surface area contributed by atoms with Gasteiger partial charge in [0.05, 0.1) is 5.92 Å². The number of methoxy groups -OCH3 is 1. The van der Waals surface area contributed by atoms with Crippen molar-refractivity contribution in [3.05, 3.63) is 0 Å². The van der Waals surface area contributed by atoms with Crippen molar-refractivity contribution < 1.29 is 14.3 Å². The van der Waals surface area contributed by atoms with Crippen molar-refractivity contribution in [1.29, 1.82) is 0 Å². The molecule has 1 aliphatic rings. The Hall–Kier alpha value is -1.14. The van der Waals surface area contributed by atoms with Crippen LogP contribution in [0.4, 0.5) is 0 Å². The molecule has 20 heavy (non-hydrogen) atoms. The molecule has 6 heteroatoms. The first-order chi connectivity index (χ1) is 9.49. The lowest BCUT2D eigenvalue weighted by molar-refractivity contribution is -0.144. The van der Waals surface area contributed by atoms with E-state index in [0.717, 1.165) is 6.42 Å². The van der Waals surface area contributed by atoms with Crippen molar-refractivity contribution in [2.45, 2.75) is 20.3 Å². The predicted molar refractivity (Wildman–Crippen MR) is 77.0 cm³/mol. The molecule has 1 fully saturated rings. The molecule has 1 heterocycles. The van der Waals surface area contributed by atoms with Crippen LogP contribution in [0.15, 0.2) is 0 Å². The standard InChI is InChI=1S/C14H27N3O3/c1-11(2)8-12(9-15)14(19)17-6-4-16(5-7-17)13(18)10-20-3/h11-12H,4-10,15H2,1-3H3. The molecule has 116 valence electrons. The highest BCUT2D eigenvalue weighted by molar-refractivity contribution is 5.80. The Bertz CT molecular complexity index is 326. The fourth-order valence-corrected chi connectivity index (χ4v) is 2.52. The summed E-state index contributed by atoms with van der Waals surface area (Å²) < 4.78 is 4.84. The number of hydrogen-bond acceptors (Lipinski definition) is 4. The minimum atomic E-state index is -0.101. The van der Waals surface area contributed by atoms with Gasteiger partial charge in [-0.3, -0.25) is 9.59 Å². The molecule has 6 nitrogen and oxygen atoms in total. The number of rotatable bonds is 6. The second-order valence-electron chi connectivity index (χ2n) is 5.70. The maximum absolute atomic E-state index is 12.4. The second-order valence-corrected chi connectivity index (χ2v) is 5.70. The monoisotopic (exact) mass is 285 g/mol. The first kappa shape index (κ1) is 16.9. The van der Waals surface area contributed by atoms with Gasteiger partial charge in [0.2, 0.25) is 11.8 Å². The summed E-state index contributed by atoms with van der Waals surface area (Å²) in [5.74, 6) is 0.463. The number of hydrogen-bond donors (Lipinski definition) is 1.